The van der Waals surface area contributed by atoms with Gasteiger partial charge in [-0.05, 0) is 19.8 Å². The van der Waals surface area contributed by atoms with Crippen LogP contribution in [0.1, 0.15) is 50.5 Å². The van der Waals surface area contributed by atoms with Crippen molar-refractivity contribution in [3.63, 3.8) is 0 Å². The van der Waals surface area contributed by atoms with Crippen molar-refractivity contribution in [2.75, 3.05) is 0 Å². The summed E-state index contributed by atoms with van der Waals surface area (Å²) in [5.41, 5.74) is 5.80. The van der Waals surface area contributed by atoms with E-state index < -0.39 is 0 Å². The maximum absolute atomic E-state index is 5.80. The third-order valence-electron chi connectivity index (χ3n) is 2.73. The van der Waals surface area contributed by atoms with E-state index in [1.54, 1.807) is 0 Å². The largest absolute Gasteiger partial charge is 0.322 e. The van der Waals surface area contributed by atoms with Crippen molar-refractivity contribution in [2.24, 2.45) is 5.73 Å². The summed E-state index contributed by atoms with van der Waals surface area (Å²) in [6.07, 6.45) is 6.95. The fourth-order valence-corrected chi connectivity index (χ4v) is 2.04. The Morgan fingerprint density at radius 3 is 2.85 bits per heavy atom. The second kappa shape index (κ2) is 3.46. The highest BCUT2D eigenvalue weighted by atomic mass is 15.3. The lowest BCUT2D eigenvalue weighted by molar-refractivity contribution is 0.483. The van der Waals surface area contributed by atoms with Gasteiger partial charge in [-0.1, -0.05) is 12.8 Å². The van der Waals surface area contributed by atoms with Gasteiger partial charge in [0, 0.05) is 6.04 Å². The zero-order valence-corrected chi connectivity index (χ0v) is 7.98. The molecule has 13 heavy (non-hydrogen) atoms. The average Bonchev–Trinajstić information content (AvgIpc) is 2.74. The molecule has 0 bridgehead atoms. The van der Waals surface area contributed by atoms with Crippen LogP contribution in [0.3, 0.4) is 0 Å². The summed E-state index contributed by atoms with van der Waals surface area (Å²) in [4.78, 5) is 0. The van der Waals surface area contributed by atoms with E-state index in [0.717, 1.165) is 5.82 Å². The first-order valence-corrected chi connectivity index (χ1v) is 4.94. The summed E-state index contributed by atoms with van der Waals surface area (Å²) in [6.45, 7) is 1.95. The molecule has 2 rings (SSSR count). The predicted octanol–water partition coefficient (Wildman–Crippen LogP) is 1.41. The van der Waals surface area contributed by atoms with Crippen molar-refractivity contribution in [3.05, 3.63) is 12.2 Å². The monoisotopic (exact) mass is 180 g/mol. The Morgan fingerprint density at radius 2 is 2.23 bits per heavy atom. The Morgan fingerprint density at radius 1 is 1.54 bits per heavy atom. The first kappa shape index (κ1) is 8.69. The number of nitrogens with zero attached hydrogens (tertiary/aromatic N) is 3. The van der Waals surface area contributed by atoms with Gasteiger partial charge in [-0.3, -0.25) is 0 Å². The molecule has 72 valence electrons. The van der Waals surface area contributed by atoms with Crippen molar-refractivity contribution in [1.82, 2.24) is 14.8 Å². The first-order valence-electron chi connectivity index (χ1n) is 4.94. The topological polar surface area (TPSA) is 56.7 Å². The molecule has 1 fully saturated rings. The number of nitrogens with two attached hydrogens (primary N) is 1. The van der Waals surface area contributed by atoms with Gasteiger partial charge in [0.25, 0.3) is 0 Å². The highest BCUT2D eigenvalue weighted by molar-refractivity contribution is 4.95. The number of aromatic nitrogens is 3. The zero-order chi connectivity index (χ0) is 9.26. The van der Waals surface area contributed by atoms with Crippen LogP contribution in [0.5, 0.6) is 0 Å². The average molecular weight is 180 g/mol. The van der Waals surface area contributed by atoms with Crippen molar-refractivity contribution in [2.45, 2.75) is 44.7 Å². The Labute approximate surface area is 78.1 Å². The molecule has 2 N–H and O–H groups in total. The second-order valence-electron chi connectivity index (χ2n) is 3.82. The molecule has 1 aromatic heterocycles. The van der Waals surface area contributed by atoms with Gasteiger partial charge in [-0.25, -0.2) is 0 Å². The van der Waals surface area contributed by atoms with Crippen LogP contribution >= 0.6 is 0 Å². The lowest BCUT2D eigenvalue weighted by atomic mass is 10.2. The molecule has 1 aliphatic rings. The Kier molecular flexibility index (Phi) is 2.31. The quantitative estimate of drug-likeness (QED) is 0.748. The third-order valence-corrected chi connectivity index (χ3v) is 2.73. The van der Waals surface area contributed by atoms with E-state index >= 15 is 0 Å². The molecule has 4 heteroatoms. The van der Waals surface area contributed by atoms with Crippen LogP contribution in [0, 0.1) is 0 Å². The van der Waals surface area contributed by atoms with Gasteiger partial charge in [0.2, 0.25) is 0 Å². The fraction of sp³-hybridized carbons (Fsp3) is 0.778. The molecular weight excluding hydrogens is 164 g/mol. The van der Waals surface area contributed by atoms with Gasteiger partial charge in [-0.15, -0.1) is 10.2 Å². The standard InChI is InChI=1S/C9H16N4/c1-7(10)9-12-11-6-13(9)8-4-2-3-5-8/h6-8H,2-5,10H2,1H3. The van der Waals surface area contributed by atoms with Crippen molar-refractivity contribution in [3.8, 4) is 0 Å². The molecule has 1 atom stereocenters. The van der Waals surface area contributed by atoms with Gasteiger partial charge < -0.3 is 10.3 Å². The molecule has 1 aliphatic carbocycles. The van der Waals surface area contributed by atoms with Gasteiger partial charge in [0.1, 0.15) is 12.2 Å². The molecule has 0 radical (unpaired) electrons. The first-order chi connectivity index (χ1) is 6.29. The smallest absolute Gasteiger partial charge is 0.149 e. The molecule has 4 nitrogen and oxygen atoms in total. The van der Waals surface area contributed by atoms with Crippen LogP contribution in [-0.2, 0) is 0 Å². The summed E-state index contributed by atoms with van der Waals surface area (Å²) in [5, 5.41) is 7.97. The van der Waals surface area contributed by atoms with E-state index in [-0.39, 0.29) is 6.04 Å². The van der Waals surface area contributed by atoms with Crippen LogP contribution in [0.2, 0.25) is 0 Å². The summed E-state index contributed by atoms with van der Waals surface area (Å²) in [6, 6.07) is 0.582. The molecule has 1 heterocycles. The van der Waals surface area contributed by atoms with E-state index in [9.17, 15) is 0 Å². The molecule has 0 aliphatic heterocycles. The Hall–Kier alpha value is -0.900. The number of rotatable bonds is 2. The lowest BCUT2D eigenvalue weighted by Crippen LogP contribution is -2.15. The van der Waals surface area contributed by atoms with Crippen molar-refractivity contribution >= 4 is 0 Å². The molecule has 0 aromatic carbocycles. The van der Waals surface area contributed by atoms with Gasteiger partial charge >= 0.3 is 0 Å². The van der Waals surface area contributed by atoms with Crippen LogP contribution in [0.15, 0.2) is 6.33 Å². The van der Waals surface area contributed by atoms with Gasteiger partial charge in [-0.2, -0.15) is 0 Å². The zero-order valence-electron chi connectivity index (χ0n) is 7.98. The minimum absolute atomic E-state index is 0.0110. The van der Waals surface area contributed by atoms with Crippen molar-refractivity contribution < 1.29 is 0 Å². The van der Waals surface area contributed by atoms with Gasteiger partial charge in [0.15, 0.2) is 0 Å². The maximum Gasteiger partial charge on any atom is 0.149 e. The molecule has 1 aromatic rings. The molecule has 0 spiro atoms. The third kappa shape index (κ3) is 1.58. The summed E-state index contributed by atoms with van der Waals surface area (Å²) >= 11 is 0. The molecule has 0 saturated heterocycles. The van der Waals surface area contributed by atoms with Crippen LogP contribution in [0.4, 0.5) is 0 Å². The maximum atomic E-state index is 5.80. The SMILES string of the molecule is CC(N)c1nncn1C1CCCC1. The Bertz CT molecular complexity index is 273. The van der Waals surface area contributed by atoms with Crippen LogP contribution in [-0.4, -0.2) is 14.8 Å². The lowest BCUT2D eigenvalue weighted by Gasteiger charge is -2.14. The van der Waals surface area contributed by atoms with Crippen molar-refractivity contribution in [1.29, 1.82) is 0 Å². The van der Waals surface area contributed by atoms with E-state index in [0.29, 0.717) is 6.04 Å². The highest BCUT2D eigenvalue weighted by Crippen LogP contribution is 2.30. The Balaban J connectivity index is 2.23. The normalized spacial score (nSPS) is 20.8. The van der Waals surface area contributed by atoms with E-state index in [1.165, 1.54) is 25.7 Å². The van der Waals surface area contributed by atoms with E-state index in [2.05, 4.69) is 14.8 Å². The van der Waals surface area contributed by atoms with Crippen LogP contribution in [0.25, 0.3) is 0 Å². The molecule has 1 unspecified atom stereocenters. The minimum atomic E-state index is -0.0110. The van der Waals surface area contributed by atoms with Gasteiger partial charge in [0.05, 0.1) is 6.04 Å². The minimum Gasteiger partial charge on any atom is -0.322 e. The van der Waals surface area contributed by atoms with Crippen LogP contribution < -0.4 is 5.73 Å². The predicted molar refractivity (Wildman–Crippen MR) is 50.1 cm³/mol. The highest BCUT2D eigenvalue weighted by Gasteiger charge is 2.20. The second-order valence-corrected chi connectivity index (χ2v) is 3.82. The molecule has 1 saturated carbocycles. The summed E-state index contributed by atoms with van der Waals surface area (Å²) < 4.78 is 2.15. The molecule has 0 amide bonds. The number of hydrogen-bond acceptors (Lipinski definition) is 3. The van der Waals surface area contributed by atoms with E-state index in [4.69, 9.17) is 5.73 Å². The molecular formula is C9H16N4. The number of hydrogen-bond donors (Lipinski definition) is 1. The summed E-state index contributed by atoms with van der Waals surface area (Å²) in [5.74, 6) is 0.923. The summed E-state index contributed by atoms with van der Waals surface area (Å²) in [7, 11) is 0. The fourth-order valence-electron chi connectivity index (χ4n) is 2.04. The van der Waals surface area contributed by atoms with E-state index in [1.807, 2.05) is 13.3 Å².